The summed E-state index contributed by atoms with van der Waals surface area (Å²) in [7, 11) is 0. The van der Waals surface area contributed by atoms with Gasteiger partial charge in [0.1, 0.15) is 5.69 Å². The second kappa shape index (κ2) is 2.67. The molecule has 5 heteroatoms. The van der Waals surface area contributed by atoms with E-state index in [2.05, 4.69) is 15.3 Å². The minimum absolute atomic E-state index is 0.559. The molecule has 1 fully saturated rings. The van der Waals surface area contributed by atoms with Crippen molar-refractivity contribution in [2.75, 3.05) is 5.73 Å². The summed E-state index contributed by atoms with van der Waals surface area (Å²) in [6.07, 6.45) is 7.11. The number of nitrogens with two attached hydrogens (primary N) is 1. The molecule has 14 heavy (non-hydrogen) atoms. The van der Waals surface area contributed by atoms with Crippen molar-refractivity contribution in [2.45, 2.75) is 25.2 Å². The minimum atomic E-state index is 0.559. The molecule has 1 saturated carbocycles. The third-order valence-electron chi connectivity index (χ3n) is 2.79. The van der Waals surface area contributed by atoms with Gasteiger partial charge in [0.25, 0.3) is 0 Å². The van der Waals surface area contributed by atoms with Crippen LogP contribution in [0.2, 0.25) is 0 Å². The second-order valence-electron chi connectivity index (χ2n) is 3.76. The fraction of sp³-hybridized carbons (Fsp3) is 0.444. The van der Waals surface area contributed by atoms with Crippen LogP contribution >= 0.6 is 0 Å². The van der Waals surface area contributed by atoms with Crippen molar-refractivity contribution in [2.24, 2.45) is 0 Å². The summed E-state index contributed by atoms with van der Waals surface area (Å²) < 4.78 is 1.66. The van der Waals surface area contributed by atoms with Gasteiger partial charge in [0.2, 0.25) is 0 Å². The van der Waals surface area contributed by atoms with E-state index in [4.69, 9.17) is 5.73 Å². The SMILES string of the molecule is Nc1cnc2c(C3CCC3)nnn2c1. The molecule has 0 bridgehead atoms. The Labute approximate surface area is 80.9 Å². The molecule has 0 atom stereocenters. The summed E-state index contributed by atoms with van der Waals surface area (Å²) in [5, 5.41) is 8.16. The van der Waals surface area contributed by atoms with E-state index in [1.807, 2.05) is 0 Å². The molecule has 2 aromatic heterocycles. The molecule has 0 unspecified atom stereocenters. The van der Waals surface area contributed by atoms with Crippen LogP contribution in [0.3, 0.4) is 0 Å². The van der Waals surface area contributed by atoms with Crippen molar-refractivity contribution in [3.63, 3.8) is 0 Å². The highest BCUT2D eigenvalue weighted by atomic mass is 15.4. The molecule has 0 amide bonds. The highest BCUT2D eigenvalue weighted by Crippen LogP contribution is 2.36. The zero-order valence-electron chi connectivity index (χ0n) is 7.72. The zero-order chi connectivity index (χ0) is 9.54. The maximum absolute atomic E-state index is 5.60. The first kappa shape index (κ1) is 7.73. The lowest BCUT2D eigenvalue weighted by Gasteiger charge is -2.22. The quantitative estimate of drug-likeness (QED) is 0.725. The Balaban J connectivity index is 2.16. The van der Waals surface area contributed by atoms with E-state index in [0.29, 0.717) is 11.6 Å². The van der Waals surface area contributed by atoms with E-state index in [9.17, 15) is 0 Å². The largest absolute Gasteiger partial charge is 0.396 e. The van der Waals surface area contributed by atoms with Crippen molar-refractivity contribution in [3.05, 3.63) is 18.1 Å². The normalized spacial score (nSPS) is 17.1. The Kier molecular flexibility index (Phi) is 1.47. The molecular weight excluding hydrogens is 178 g/mol. The predicted molar refractivity (Wildman–Crippen MR) is 51.8 cm³/mol. The van der Waals surface area contributed by atoms with Crippen LogP contribution in [-0.2, 0) is 0 Å². The second-order valence-corrected chi connectivity index (χ2v) is 3.76. The van der Waals surface area contributed by atoms with Crippen LogP contribution in [0.25, 0.3) is 5.65 Å². The number of aromatic nitrogens is 4. The minimum Gasteiger partial charge on any atom is -0.396 e. The molecule has 3 rings (SSSR count). The first-order valence-corrected chi connectivity index (χ1v) is 4.81. The van der Waals surface area contributed by atoms with Gasteiger partial charge in [0, 0.05) is 5.92 Å². The van der Waals surface area contributed by atoms with E-state index in [1.54, 1.807) is 16.9 Å². The number of nitrogens with zero attached hydrogens (tertiary/aromatic N) is 4. The number of hydrogen-bond donors (Lipinski definition) is 1. The summed E-state index contributed by atoms with van der Waals surface area (Å²) in [6.45, 7) is 0. The summed E-state index contributed by atoms with van der Waals surface area (Å²) in [4.78, 5) is 4.26. The van der Waals surface area contributed by atoms with E-state index >= 15 is 0 Å². The molecule has 0 spiro atoms. The topological polar surface area (TPSA) is 69.1 Å². The number of hydrogen-bond acceptors (Lipinski definition) is 4. The van der Waals surface area contributed by atoms with Gasteiger partial charge in [0.05, 0.1) is 18.1 Å². The van der Waals surface area contributed by atoms with Crippen molar-refractivity contribution >= 4 is 11.3 Å². The lowest BCUT2D eigenvalue weighted by Crippen LogP contribution is -2.10. The molecule has 0 aliphatic heterocycles. The molecule has 72 valence electrons. The molecule has 2 N–H and O–H groups in total. The molecule has 5 nitrogen and oxygen atoms in total. The molecule has 2 heterocycles. The van der Waals surface area contributed by atoms with Crippen molar-refractivity contribution in [1.29, 1.82) is 0 Å². The van der Waals surface area contributed by atoms with Gasteiger partial charge in [0.15, 0.2) is 5.65 Å². The van der Waals surface area contributed by atoms with Gasteiger partial charge in [-0.25, -0.2) is 4.98 Å². The maximum atomic E-state index is 5.60. The van der Waals surface area contributed by atoms with Crippen LogP contribution in [0.15, 0.2) is 12.4 Å². The zero-order valence-corrected chi connectivity index (χ0v) is 7.72. The van der Waals surface area contributed by atoms with Crippen LogP contribution in [0, 0.1) is 0 Å². The van der Waals surface area contributed by atoms with Gasteiger partial charge in [-0.05, 0) is 12.8 Å². The summed E-state index contributed by atoms with van der Waals surface area (Å²) >= 11 is 0. The van der Waals surface area contributed by atoms with Gasteiger partial charge in [-0.2, -0.15) is 4.52 Å². The van der Waals surface area contributed by atoms with Crippen molar-refractivity contribution < 1.29 is 0 Å². The Bertz CT molecular complexity index is 471. The van der Waals surface area contributed by atoms with Crippen LogP contribution in [0.5, 0.6) is 0 Å². The van der Waals surface area contributed by atoms with Gasteiger partial charge >= 0.3 is 0 Å². The maximum Gasteiger partial charge on any atom is 0.179 e. The van der Waals surface area contributed by atoms with E-state index in [1.165, 1.54) is 19.3 Å². The molecule has 0 radical (unpaired) electrons. The molecular formula is C9H11N5. The molecule has 1 aliphatic carbocycles. The van der Waals surface area contributed by atoms with Crippen LogP contribution in [0.1, 0.15) is 30.9 Å². The Hall–Kier alpha value is -1.65. The average Bonchev–Trinajstić information content (AvgIpc) is 2.45. The fourth-order valence-electron chi connectivity index (χ4n) is 1.77. The lowest BCUT2D eigenvalue weighted by molar-refractivity contribution is 0.412. The standard InChI is InChI=1S/C9H11N5/c10-7-4-11-9-8(6-2-1-3-6)12-13-14(9)5-7/h4-6H,1-3,10H2. The van der Waals surface area contributed by atoms with Crippen LogP contribution < -0.4 is 5.73 Å². The average molecular weight is 189 g/mol. The summed E-state index contributed by atoms with van der Waals surface area (Å²) in [6, 6.07) is 0. The van der Waals surface area contributed by atoms with Crippen molar-refractivity contribution in [3.8, 4) is 0 Å². The van der Waals surface area contributed by atoms with Crippen LogP contribution in [0.4, 0.5) is 5.69 Å². The number of anilines is 1. The fourth-order valence-corrected chi connectivity index (χ4v) is 1.77. The smallest absolute Gasteiger partial charge is 0.179 e. The van der Waals surface area contributed by atoms with Crippen molar-refractivity contribution in [1.82, 2.24) is 19.8 Å². The van der Waals surface area contributed by atoms with Gasteiger partial charge in [-0.1, -0.05) is 11.6 Å². The Morgan fingerprint density at radius 1 is 1.43 bits per heavy atom. The summed E-state index contributed by atoms with van der Waals surface area (Å²) in [5.74, 6) is 0.559. The number of nitrogen functional groups attached to an aromatic ring is 1. The highest BCUT2D eigenvalue weighted by Gasteiger charge is 2.25. The first-order chi connectivity index (χ1) is 6.84. The summed E-state index contributed by atoms with van der Waals surface area (Å²) in [5.41, 5.74) is 8.09. The third-order valence-corrected chi connectivity index (χ3v) is 2.79. The Morgan fingerprint density at radius 2 is 2.29 bits per heavy atom. The molecule has 0 aromatic carbocycles. The van der Waals surface area contributed by atoms with E-state index in [0.717, 1.165) is 11.3 Å². The lowest BCUT2D eigenvalue weighted by atomic mass is 9.83. The highest BCUT2D eigenvalue weighted by molar-refractivity contribution is 5.48. The van der Waals surface area contributed by atoms with Gasteiger partial charge in [-0.3, -0.25) is 0 Å². The Morgan fingerprint density at radius 3 is 3.00 bits per heavy atom. The third kappa shape index (κ3) is 0.982. The monoisotopic (exact) mass is 189 g/mol. The van der Waals surface area contributed by atoms with Gasteiger partial charge in [-0.15, -0.1) is 5.10 Å². The van der Waals surface area contributed by atoms with E-state index in [-0.39, 0.29) is 0 Å². The molecule has 2 aromatic rings. The van der Waals surface area contributed by atoms with Gasteiger partial charge < -0.3 is 5.73 Å². The van der Waals surface area contributed by atoms with Crippen LogP contribution in [-0.4, -0.2) is 19.8 Å². The van der Waals surface area contributed by atoms with E-state index < -0.39 is 0 Å². The molecule has 1 aliphatic rings. The first-order valence-electron chi connectivity index (χ1n) is 4.81. The predicted octanol–water partition coefficient (Wildman–Crippen LogP) is 0.974. The molecule has 0 saturated heterocycles. The number of fused-ring (bicyclic) bond motifs is 1. The number of rotatable bonds is 1.